The Morgan fingerprint density at radius 3 is 2.39 bits per heavy atom. The molecule has 0 saturated carbocycles. The van der Waals surface area contributed by atoms with E-state index in [1.807, 2.05) is 73.5 Å². The number of thiocarbonyl (C=S) groups is 1. The third-order valence-corrected chi connectivity index (χ3v) is 6.54. The molecule has 0 aromatic heterocycles. The smallest absolute Gasteiger partial charge is 0.193 e. The summed E-state index contributed by atoms with van der Waals surface area (Å²) in [4.78, 5) is 15.3. The first-order valence-electron chi connectivity index (χ1n) is 11.0. The Morgan fingerprint density at radius 2 is 1.70 bits per heavy atom. The largest absolute Gasteiger partial charge is 0.489 e. The summed E-state index contributed by atoms with van der Waals surface area (Å²) in [6.45, 7) is 6.63. The zero-order valence-corrected chi connectivity index (χ0v) is 20.2. The fraction of sp³-hybridized carbons (Fsp3) is 0.214. The van der Waals surface area contributed by atoms with E-state index in [-0.39, 0.29) is 11.8 Å². The normalized spacial score (nSPS) is 15.9. The molecule has 1 aliphatic heterocycles. The van der Waals surface area contributed by atoms with Gasteiger partial charge in [0.25, 0.3) is 0 Å². The SMILES string of the molecule is CC1=C(C(=O)c2ccccc2)C(c2ccc(OCc3cc(C)ccc3C)cc2)NC(=S)N1C. The van der Waals surface area contributed by atoms with Crippen LogP contribution in [0.3, 0.4) is 0 Å². The molecule has 0 fully saturated rings. The van der Waals surface area contributed by atoms with Crippen LogP contribution in [0.25, 0.3) is 0 Å². The predicted octanol–water partition coefficient (Wildman–Crippen LogP) is 5.90. The lowest BCUT2D eigenvalue weighted by Gasteiger charge is -2.36. The molecule has 0 saturated heterocycles. The quantitative estimate of drug-likeness (QED) is 0.369. The first kappa shape index (κ1) is 22.7. The highest BCUT2D eigenvalue weighted by Gasteiger charge is 2.32. The second-order valence-electron chi connectivity index (χ2n) is 8.42. The van der Waals surface area contributed by atoms with Gasteiger partial charge in [0.15, 0.2) is 10.9 Å². The minimum atomic E-state index is -0.325. The number of aryl methyl sites for hydroxylation is 2. The number of carbonyl (C=O) groups is 1. The van der Waals surface area contributed by atoms with E-state index in [0.29, 0.717) is 22.9 Å². The molecule has 0 radical (unpaired) electrons. The molecule has 0 bridgehead atoms. The summed E-state index contributed by atoms with van der Waals surface area (Å²) in [5.41, 5.74) is 6.78. The van der Waals surface area contributed by atoms with Gasteiger partial charge in [0.1, 0.15) is 12.4 Å². The molecule has 1 unspecified atom stereocenters. The van der Waals surface area contributed by atoms with Crippen LogP contribution in [0.15, 0.2) is 84.1 Å². The fourth-order valence-electron chi connectivity index (χ4n) is 4.00. The van der Waals surface area contributed by atoms with Crippen LogP contribution >= 0.6 is 12.2 Å². The molecule has 33 heavy (non-hydrogen) atoms. The van der Waals surface area contributed by atoms with Crippen molar-refractivity contribution in [2.24, 2.45) is 0 Å². The van der Waals surface area contributed by atoms with E-state index in [0.717, 1.165) is 17.0 Å². The van der Waals surface area contributed by atoms with Gasteiger partial charge < -0.3 is 15.0 Å². The number of Topliss-reactive ketones (excluding diaryl/α,β-unsaturated/α-hetero) is 1. The highest BCUT2D eigenvalue weighted by atomic mass is 32.1. The molecule has 4 nitrogen and oxygen atoms in total. The zero-order valence-electron chi connectivity index (χ0n) is 19.4. The summed E-state index contributed by atoms with van der Waals surface area (Å²) >= 11 is 5.53. The molecule has 1 heterocycles. The minimum Gasteiger partial charge on any atom is -0.489 e. The number of ether oxygens (including phenoxy) is 1. The third kappa shape index (κ3) is 4.83. The Kier molecular flexibility index (Phi) is 6.61. The Balaban J connectivity index is 1.59. The second-order valence-corrected chi connectivity index (χ2v) is 8.81. The van der Waals surface area contributed by atoms with Gasteiger partial charge in [-0.1, -0.05) is 66.2 Å². The highest BCUT2D eigenvalue weighted by Crippen LogP contribution is 2.33. The van der Waals surface area contributed by atoms with E-state index in [1.165, 1.54) is 16.7 Å². The molecule has 168 valence electrons. The molecule has 1 aliphatic rings. The molecule has 3 aromatic carbocycles. The van der Waals surface area contributed by atoms with Crippen molar-refractivity contribution >= 4 is 23.1 Å². The van der Waals surface area contributed by atoms with Gasteiger partial charge in [-0.2, -0.15) is 0 Å². The maximum Gasteiger partial charge on any atom is 0.193 e. The van der Waals surface area contributed by atoms with E-state index in [9.17, 15) is 4.79 Å². The van der Waals surface area contributed by atoms with Crippen molar-refractivity contribution < 1.29 is 9.53 Å². The van der Waals surface area contributed by atoms with E-state index < -0.39 is 0 Å². The second kappa shape index (κ2) is 9.59. The highest BCUT2D eigenvalue weighted by molar-refractivity contribution is 7.80. The zero-order chi connectivity index (χ0) is 23.5. The number of hydrogen-bond donors (Lipinski definition) is 1. The van der Waals surface area contributed by atoms with Crippen molar-refractivity contribution in [3.8, 4) is 5.75 Å². The molecular weight excluding hydrogens is 428 g/mol. The van der Waals surface area contributed by atoms with Crippen LogP contribution in [-0.4, -0.2) is 22.8 Å². The molecule has 5 heteroatoms. The lowest BCUT2D eigenvalue weighted by atomic mass is 9.89. The first-order chi connectivity index (χ1) is 15.8. The van der Waals surface area contributed by atoms with Crippen LogP contribution in [0.5, 0.6) is 5.75 Å². The lowest BCUT2D eigenvalue weighted by Crippen LogP contribution is -2.45. The average molecular weight is 457 g/mol. The van der Waals surface area contributed by atoms with Crippen LogP contribution in [0.1, 0.15) is 45.6 Å². The maximum atomic E-state index is 13.4. The van der Waals surface area contributed by atoms with Gasteiger partial charge in [-0.25, -0.2) is 0 Å². The van der Waals surface area contributed by atoms with Gasteiger partial charge >= 0.3 is 0 Å². The van der Waals surface area contributed by atoms with Gasteiger partial charge in [0.05, 0.1) is 6.04 Å². The van der Waals surface area contributed by atoms with Crippen molar-refractivity contribution in [1.82, 2.24) is 10.2 Å². The fourth-order valence-corrected chi connectivity index (χ4v) is 4.25. The minimum absolute atomic E-state index is 0.00445. The van der Waals surface area contributed by atoms with Crippen LogP contribution in [0, 0.1) is 13.8 Å². The summed E-state index contributed by atoms with van der Waals surface area (Å²) in [5.74, 6) is 0.780. The standard InChI is InChI=1S/C28H28N2O2S/c1-18-10-11-19(2)23(16-18)17-32-24-14-12-21(13-15-24)26-25(20(3)30(4)28(33)29-26)27(31)22-8-6-5-7-9-22/h5-16,26H,17H2,1-4H3,(H,29,33). The average Bonchev–Trinajstić information content (AvgIpc) is 2.83. The van der Waals surface area contributed by atoms with E-state index >= 15 is 0 Å². The van der Waals surface area contributed by atoms with Crippen molar-refractivity contribution in [3.05, 3.63) is 112 Å². The first-order valence-corrected chi connectivity index (χ1v) is 11.4. The predicted molar refractivity (Wildman–Crippen MR) is 136 cm³/mol. The molecule has 4 rings (SSSR count). The molecule has 1 atom stereocenters. The number of hydrogen-bond acceptors (Lipinski definition) is 3. The Hall–Kier alpha value is -3.44. The number of allylic oxidation sites excluding steroid dienone is 1. The van der Waals surface area contributed by atoms with Gasteiger partial charge in [0, 0.05) is 23.9 Å². The summed E-state index contributed by atoms with van der Waals surface area (Å²) in [5, 5.41) is 3.94. The van der Waals surface area contributed by atoms with Gasteiger partial charge in [-0.3, -0.25) is 4.79 Å². The summed E-state index contributed by atoms with van der Waals surface area (Å²) in [6.07, 6.45) is 0. The number of nitrogens with zero attached hydrogens (tertiary/aromatic N) is 1. The summed E-state index contributed by atoms with van der Waals surface area (Å²) < 4.78 is 6.04. The third-order valence-electron chi connectivity index (χ3n) is 6.15. The van der Waals surface area contributed by atoms with E-state index in [2.05, 4.69) is 37.4 Å². The topological polar surface area (TPSA) is 41.6 Å². The Labute approximate surface area is 200 Å². The monoisotopic (exact) mass is 456 g/mol. The summed E-state index contributed by atoms with van der Waals surface area (Å²) in [6, 6.07) is 23.3. The summed E-state index contributed by atoms with van der Waals surface area (Å²) in [7, 11) is 1.88. The van der Waals surface area contributed by atoms with Crippen LogP contribution in [0.2, 0.25) is 0 Å². The molecule has 0 aliphatic carbocycles. The van der Waals surface area contributed by atoms with Crippen molar-refractivity contribution in [2.75, 3.05) is 7.05 Å². The van der Waals surface area contributed by atoms with Crippen molar-refractivity contribution in [3.63, 3.8) is 0 Å². The number of nitrogens with one attached hydrogen (secondary N) is 1. The van der Waals surface area contributed by atoms with Crippen LogP contribution in [0.4, 0.5) is 0 Å². The van der Waals surface area contributed by atoms with E-state index in [1.54, 1.807) is 0 Å². The van der Waals surface area contributed by atoms with Crippen LogP contribution < -0.4 is 10.1 Å². The molecule has 3 aromatic rings. The van der Waals surface area contributed by atoms with Crippen molar-refractivity contribution in [1.29, 1.82) is 0 Å². The van der Waals surface area contributed by atoms with Gasteiger partial charge in [-0.05, 0) is 61.8 Å². The van der Waals surface area contributed by atoms with Crippen LogP contribution in [-0.2, 0) is 6.61 Å². The molecule has 1 N–H and O–H groups in total. The van der Waals surface area contributed by atoms with Gasteiger partial charge in [0.2, 0.25) is 0 Å². The maximum absolute atomic E-state index is 13.4. The number of ketones is 1. The van der Waals surface area contributed by atoms with E-state index in [4.69, 9.17) is 17.0 Å². The number of rotatable bonds is 6. The Bertz CT molecular complexity index is 1220. The number of benzene rings is 3. The number of carbonyl (C=O) groups excluding carboxylic acids is 1. The molecular formula is C28H28N2O2S. The molecule has 0 spiro atoms. The lowest BCUT2D eigenvalue weighted by molar-refractivity contribution is 0.102. The molecule has 0 amide bonds. The van der Waals surface area contributed by atoms with Gasteiger partial charge in [-0.15, -0.1) is 0 Å². The Morgan fingerprint density at radius 1 is 1.00 bits per heavy atom. The van der Waals surface area contributed by atoms with Crippen molar-refractivity contribution in [2.45, 2.75) is 33.4 Å².